The molecule has 2 N–H and O–H groups in total. The zero-order chi connectivity index (χ0) is 17.8. The molecule has 3 rings (SSSR count). The second-order valence-corrected chi connectivity index (χ2v) is 6.34. The van der Waals surface area contributed by atoms with Gasteiger partial charge in [0.25, 0.3) is 0 Å². The van der Waals surface area contributed by atoms with E-state index in [0.717, 1.165) is 21.8 Å². The molecule has 0 saturated carbocycles. The van der Waals surface area contributed by atoms with Gasteiger partial charge in [-0.2, -0.15) is 0 Å². The molecule has 0 atom stereocenters. The monoisotopic (exact) mass is 358 g/mol. The third-order valence-electron chi connectivity index (χ3n) is 3.63. The molecule has 0 saturated heterocycles. The van der Waals surface area contributed by atoms with E-state index in [1.54, 1.807) is 6.92 Å². The fourth-order valence-electron chi connectivity index (χ4n) is 2.42. The van der Waals surface area contributed by atoms with Crippen molar-refractivity contribution in [3.8, 4) is 0 Å². The van der Waals surface area contributed by atoms with Crippen LogP contribution < -0.4 is 10.6 Å². The van der Waals surface area contributed by atoms with Gasteiger partial charge in [-0.1, -0.05) is 23.9 Å². The number of hydrogen-bond donors (Lipinski definition) is 2. The fourth-order valence-corrected chi connectivity index (χ4v) is 3.36. The molecule has 2 aromatic rings. The van der Waals surface area contributed by atoms with E-state index < -0.39 is 5.97 Å². The first kappa shape index (κ1) is 17.2. The number of carbonyl (C=O) groups is 2. The van der Waals surface area contributed by atoms with Crippen molar-refractivity contribution < 1.29 is 14.3 Å². The zero-order valence-corrected chi connectivity index (χ0v) is 14.8. The van der Waals surface area contributed by atoms with Crippen LogP contribution in [0.25, 0.3) is 11.0 Å². The molecular weight excluding hydrogens is 340 g/mol. The average Bonchev–Trinajstić information content (AvgIpc) is 2.60. The Morgan fingerprint density at radius 2 is 2.00 bits per heavy atom. The van der Waals surface area contributed by atoms with Gasteiger partial charge in [-0.05, 0) is 26.0 Å². The molecule has 1 aliphatic heterocycles. The van der Waals surface area contributed by atoms with Gasteiger partial charge in [0.1, 0.15) is 5.03 Å². The van der Waals surface area contributed by atoms with Crippen LogP contribution in [0.2, 0.25) is 0 Å². The first-order valence-corrected chi connectivity index (χ1v) is 8.87. The van der Waals surface area contributed by atoms with Crippen LogP contribution in [-0.4, -0.2) is 40.9 Å². The summed E-state index contributed by atoms with van der Waals surface area (Å²) in [6.45, 7) is 4.08. The molecule has 1 aromatic heterocycles. The normalized spacial score (nSPS) is 14.2. The number of benzene rings is 1. The summed E-state index contributed by atoms with van der Waals surface area (Å²) in [5.41, 5.74) is 3.43. The summed E-state index contributed by atoms with van der Waals surface area (Å²) < 4.78 is 5.05. The molecule has 25 heavy (non-hydrogen) atoms. The smallest absolute Gasteiger partial charge is 0.337 e. The minimum Gasteiger partial charge on any atom is -0.463 e. The van der Waals surface area contributed by atoms with Gasteiger partial charge in [0.2, 0.25) is 0 Å². The minimum absolute atomic E-state index is 0.156. The van der Waals surface area contributed by atoms with Gasteiger partial charge in [-0.25, -0.2) is 19.6 Å². The van der Waals surface area contributed by atoms with Crippen molar-refractivity contribution in [3.63, 3.8) is 0 Å². The number of nitrogens with one attached hydrogen (secondary N) is 2. The van der Waals surface area contributed by atoms with Crippen molar-refractivity contribution >= 4 is 34.8 Å². The van der Waals surface area contributed by atoms with Gasteiger partial charge < -0.3 is 15.4 Å². The largest absolute Gasteiger partial charge is 0.463 e. The molecule has 1 aromatic carbocycles. The Bertz CT molecular complexity index is 866. The number of urea groups is 1. The van der Waals surface area contributed by atoms with E-state index in [1.807, 2.05) is 31.2 Å². The molecule has 0 bridgehead atoms. The number of nitrogens with zero attached hydrogens (tertiary/aromatic N) is 2. The number of aryl methyl sites for hydroxylation is 1. The molecule has 0 aliphatic carbocycles. The minimum atomic E-state index is -0.424. The first-order valence-electron chi connectivity index (χ1n) is 7.88. The number of hydrogen-bond acceptors (Lipinski definition) is 6. The maximum atomic E-state index is 12.1. The van der Waals surface area contributed by atoms with Crippen molar-refractivity contribution in [2.75, 3.05) is 18.9 Å². The van der Waals surface area contributed by atoms with Crippen LogP contribution in [0.5, 0.6) is 0 Å². The van der Waals surface area contributed by atoms with Gasteiger partial charge in [0.05, 0.1) is 35.5 Å². The lowest BCUT2D eigenvalue weighted by atomic mass is 10.2. The van der Waals surface area contributed by atoms with Crippen molar-refractivity contribution in [2.45, 2.75) is 18.9 Å². The maximum absolute atomic E-state index is 12.1. The molecule has 130 valence electrons. The predicted molar refractivity (Wildman–Crippen MR) is 95.2 cm³/mol. The maximum Gasteiger partial charge on any atom is 0.337 e. The van der Waals surface area contributed by atoms with Crippen LogP contribution in [0, 0.1) is 6.92 Å². The number of aromatic nitrogens is 2. The van der Waals surface area contributed by atoms with Crippen LogP contribution >= 0.6 is 11.8 Å². The molecule has 2 heterocycles. The van der Waals surface area contributed by atoms with Crippen molar-refractivity contribution in [1.29, 1.82) is 0 Å². The fraction of sp³-hybridized carbons (Fsp3) is 0.294. The molecule has 1 aliphatic rings. The standard InChI is InChI=1S/C17H18N4O3S/c1-3-24-16(22)11-8-18-17(23)21-14(11)9-25-15-10(2)19-12-6-4-5-7-13(12)20-15/h4-7H,3,8-9H2,1-2H3,(H2,18,21,23). The van der Waals surface area contributed by atoms with Crippen LogP contribution in [0.3, 0.4) is 0 Å². The summed E-state index contributed by atoms with van der Waals surface area (Å²) in [5, 5.41) is 6.05. The number of thioether (sulfide) groups is 1. The summed E-state index contributed by atoms with van der Waals surface area (Å²) in [7, 11) is 0. The Kier molecular flexibility index (Phi) is 5.18. The molecule has 7 nitrogen and oxygen atoms in total. The lowest BCUT2D eigenvalue weighted by Crippen LogP contribution is -2.44. The Morgan fingerprint density at radius 1 is 1.28 bits per heavy atom. The zero-order valence-electron chi connectivity index (χ0n) is 14.0. The summed E-state index contributed by atoms with van der Waals surface area (Å²) in [6, 6.07) is 7.32. The number of rotatable bonds is 5. The predicted octanol–water partition coefficient (Wildman–Crippen LogP) is 2.16. The lowest BCUT2D eigenvalue weighted by molar-refractivity contribution is -0.138. The van der Waals surface area contributed by atoms with E-state index in [2.05, 4.69) is 20.6 Å². The van der Waals surface area contributed by atoms with E-state index in [1.165, 1.54) is 11.8 Å². The van der Waals surface area contributed by atoms with Gasteiger partial charge in [-0.3, -0.25) is 0 Å². The number of para-hydroxylation sites is 2. The summed E-state index contributed by atoms with van der Waals surface area (Å²) in [4.78, 5) is 32.8. The SMILES string of the molecule is CCOC(=O)C1=C(CSc2nc3ccccc3nc2C)NC(=O)NC1. The van der Waals surface area contributed by atoms with Crippen LogP contribution in [0.15, 0.2) is 40.6 Å². The highest BCUT2D eigenvalue weighted by molar-refractivity contribution is 7.99. The van der Waals surface area contributed by atoms with Gasteiger partial charge in [0, 0.05) is 11.4 Å². The quantitative estimate of drug-likeness (QED) is 0.628. The van der Waals surface area contributed by atoms with Crippen LogP contribution in [0.1, 0.15) is 12.6 Å². The second-order valence-electron chi connectivity index (χ2n) is 5.38. The third-order valence-corrected chi connectivity index (χ3v) is 4.72. The highest BCUT2D eigenvalue weighted by atomic mass is 32.2. The Hall–Kier alpha value is -2.61. The van der Waals surface area contributed by atoms with Crippen LogP contribution in [0.4, 0.5) is 4.79 Å². The molecule has 8 heteroatoms. The van der Waals surface area contributed by atoms with Crippen molar-refractivity contribution in [2.24, 2.45) is 0 Å². The topological polar surface area (TPSA) is 93.2 Å². The summed E-state index contributed by atoms with van der Waals surface area (Å²) >= 11 is 1.43. The van der Waals surface area contributed by atoms with E-state index >= 15 is 0 Å². The molecule has 0 radical (unpaired) electrons. The third kappa shape index (κ3) is 3.90. The molecule has 0 fully saturated rings. The second kappa shape index (κ2) is 7.52. The van der Waals surface area contributed by atoms with E-state index in [9.17, 15) is 9.59 Å². The molecule has 0 unspecified atom stereocenters. The van der Waals surface area contributed by atoms with Gasteiger partial charge in [0.15, 0.2) is 0 Å². The molecule has 0 spiro atoms. The van der Waals surface area contributed by atoms with Crippen LogP contribution in [-0.2, 0) is 9.53 Å². The number of carbonyl (C=O) groups excluding carboxylic acids is 2. The highest BCUT2D eigenvalue weighted by Crippen LogP contribution is 2.24. The summed E-state index contributed by atoms with van der Waals surface area (Å²) in [6.07, 6.45) is 0. The number of fused-ring (bicyclic) bond motifs is 1. The van der Waals surface area contributed by atoms with E-state index in [0.29, 0.717) is 17.0 Å². The Morgan fingerprint density at radius 3 is 2.72 bits per heavy atom. The van der Waals surface area contributed by atoms with Crippen molar-refractivity contribution in [1.82, 2.24) is 20.6 Å². The van der Waals surface area contributed by atoms with Crippen molar-refractivity contribution in [3.05, 3.63) is 41.2 Å². The Balaban J connectivity index is 1.84. The number of amides is 2. The highest BCUT2D eigenvalue weighted by Gasteiger charge is 2.24. The van der Waals surface area contributed by atoms with E-state index in [-0.39, 0.29) is 19.2 Å². The average molecular weight is 358 g/mol. The van der Waals surface area contributed by atoms with E-state index in [4.69, 9.17) is 4.74 Å². The van der Waals surface area contributed by atoms with Gasteiger partial charge in [-0.15, -0.1) is 0 Å². The number of esters is 1. The Labute approximate surface area is 149 Å². The van der Waals surface area contributed by atoms with Gasteiger partial charge >= 0.3 is 12.0 Å². The molecule has 2 amide bonds. The summed E-state index contributed by atoms with van der Waals surface area (Å²) in [5.74, 6) is -0.0259. The lowest BCUT2D eigenvalue weighted by Gasteiger charge is -2.21. The molecular formula is C17H18N4O3S. The number of ether oxygens (including phenoxy) is 1. The first-order chi connectivity index (χ1) is 12.1.